The summed E-state index contributed by atoms with van der Waals surface area (Å²) in [5.74, 6) is 0. The molecule has 0 spiro atoms. The van der Waals surface area contributed by atoms with E-state index in [1.165, 1.54) is 0 Å². The molecule has 0 atom stereocenters. The highest BCUT2D eigenvalue weighted by Gasteiger charge is 2.18. The number of rotatable bonds is 7. The van der Waals surface area contributed by atoms with E-state index >= 15 is 0 Å². The van der Waals surface area contributed by atoms with Gasteiger partial charge in [0.15, 0.2) is 0 Å². The van der Waals surface area contributed by atoms with Gasteiger partial charge < -0.3 is 14.2 Å². The molecule has 0 saturated carbocycles. The van der Waals surface area contributed by atoms with Crippen LogP contribution in [0.5, 0.6) is 0 Å². The van der Waals surface area contributed by atoms with Gasteiger partial charge in [-0.15, -0.1) is 0 Å². The van der Waals surface area contributed by atoms with E-state index in [1.54, 1.807) is 0 Å². The molecule has 8 aromatic rings. The Balaban J connectivity index is 1.24. The first kappa shape index (κ1) is 26.6. The van der Waals surface area contributed by atoms with Gasteiger partial charge in [0.1, 0.15) is 11.2 Å². The Morgan fingerprint density at radius 1 is 0.333 bits per heavy atom. The van der Waals surface area contributed by atoms with Crippen LogP contribution < -0.4 is 9.80 Å². The van der Waals surface area contributed by atoms with Crippen molar-refractivity contribution in [3.05, 3.63) is 182 Å². The van der Waals surface area contributed by atoms with Crippen LogP contribution in [-0.4, -0.2) is 0 Å². The van der Waals surface area contributed by atoms with Crippen molar-refractivity contribution >= 4 is 56.1 Å². The molecule has 0 saturated heterocycles. The monoisotopic (exact) mass is 578 g/mol. The second-order valence-corrected chi connectivity index (χ2v) is 11.0. The van der Waals surface area contributed by atoms with E-state index in [0.717, 1.165) is 67.2 Å². The normalized spacial score (nSPS) is 11.1. The summed E-state index contributed by atoms with van der Waals surface area (Å²) in [5.41, 5.74) is 10.7. The minimum Gasteiger partial charge on any atom is -0.456 e. The topological polar surface area (TPSA) is 19.6 Å². The standard InChI is InChI=1S/C42H30N2O/c1-5-14-32(15-6-1)43(33-16-7-2-8-17-33)36-26-24-31(25-27-36)38-22-13-23-41-42(38)39-30-37(28-29-40(39)45-41)44(34-18-9-3-10-19-34)35-20-11-4-12-21-35/h1-30H. The molecule has 0 bridgehead atoms. The first-order chi connectivity index (χ1) is 22.3. The predicted octanol–water partition coefficient (Wildman–Crippen LogP) is 12.2. The highest BCUT2D eigenvalue weighted by molar-refractivity contribution is 6.13. The summed E-state index contributed by atoms with van der Waals surface area (Å²) in [6.45, 7) is 0. The van der Waals surface area contributed by atoms with E-state index in [-0.39, 0.29) is 0 Å². The van der Waals surface area contributed by atoms with E-state index in [9.17, 15) is 0 Å². The van der Waals surface area contributed by atoms with Crippen molar-refractivity contribution in [3.8, 4) is 11.1 Å². The first-order valence-electron chi connectivity index (χ1n) is 15.2. The fraction of sp³-hybridized carbons (Fsp3) is 0. The van der Waals surface area contributed by atoms with Crippen molar-refractivity contribution in [2.75, 3.05) is 9.80 Å². The molecule has 3 heteroatoms. The predicted molar refractivity (Wildman–Crippen MR) is 189 cm³/mol. The van der Waals surface area contributed by atoms with Crippen LogP contribution in [0.1, 0.15) is 0 Å². The molecule has 45 heavy (non-hydrogen) atoms. The summed E-state index contributed by atoms with van der Waals surface area (Å²) >= 11 is 0. The molecule has 0 aliphatic carbocycles. The van der Waals surface area contributed by atoms with Gasteiger partial charge in [0.05, 0.1) is 0 Å². The van der Waals surface area contributed by atoms with Crippen molar-refractivity contribution in [2.24, 2.45) is 0 Å². The third kappa shape index (κ3) is 5.01. The van der Waals surface area contributed by atoms with Crippen LogP contribution in [0.3, 0.4) is 0 Å². The second-order valence-electron chi connectivity index (χ2n) is 11.0. The van der Waals surface area contributed by atoms with Gasteiger partial charge in [-0.2, -0.15) is 0 Å². The van der Waals surface area contributed by atoms with Gasteiger partial charge in [-0.25, -0.2) is 0 Å². The molecule has 3 nitrogen and oxygen atoms in total. The van der Waals surface area contributed by atoms with Gasteiger partial charge in [-0.1, -0.05) is 97.1 Å². The Morgan fingerprint density at radius 3 is 1.29 bits per heavy atom. The van der Waals surface area contributed by atoms with E-state index in [4.69, 9.17) is 4.42 Å². The SMILES string of the molecule is c1ccc(N(c2ccccc2)c2ccc(-c3cccc4oc5ccc(N(c6ccccc6)c6ccccc6)cc5c34)cc2)cc1. The van der Waals surface area contributed by atoms with Gasteiger partial charge in [0.2, 0.25) is 0 Å². The van der Waals surface area contributed by atoms with Gasteiger partial charge in [0, 0.05) is 44.9 Å². The molecule has 214 valence electrons. The van der Waals surface area contributed by atoms with Gasteiger partial charge in [-0.05, 0) is 96.1 Å². The molecule has 1 aromatic heterocycles. The number of benzene rings is 7. The van der Waals surface area contributed by atoms with Gasteiger partial charge in [-0.3, -0.25) is 0 Å². The maximum Gasteiger partial charge on any atom is 0.136 e. The number of nitrogens with zero attached hydrogens (tertiary/aromatic N) is 2. The van der Waals surface area contributed by atoms with E-state index in [2.05, 4.69) is 192 Å². The van der Waals surface area contributed by atoms with Gasteiger partial charge in [0.25, 0.3) is 0 Å². The number of furan rings is 1. The number of hydrogen-bond donors (Lipinski definition) is 0. The van der Waals surface area contributed by atoms with Crippen LogP contribution in [0, 0.1) is 0 Å². The zero-order chi connectivity index (χ0) is 30.0. The lowest BCUT2D eigenvalue weighted by molar-refractivity contribution is 0.669. The van der Waals surface area contributed by atoms with Crippen molar-refractivity contribution in [1.82, 2.24) is 0 Å². The van der Waals surface area contributed by atoms with Crippen LogP contribution >= 0.6 is 0 Å². The van der Waals surface area contributed by atoms with Crippen LogP contribution in [0.2, 0.25) is 0 Å². The molecule has 0 N–H and O–H groups in total. The molecule has 0 radical (unpaired) electrons. The Morgan fingerprint density at radius 2 is 0.778 bits per heavy atom. The molecular weight excluding hydrogens is 548 g/mol. The lowest BCUT2D eigenvalue weighted by Crippen LogP contribution is -2.09. The van der Waals surface area contributed by atoms with Crippen molar-refractivity contribution in [3.63, 3.8) is 0 Å². The molecule has 0 aliphatic rings. The number of para-hydroxylation sites is 4. The van der Waals surface area contributed by atoms with E-state index in [0.29, 0.717) is 0 Å². The highest BCUT2D eigenvalue weighted by atomic mass is 16.3. The average Bonchev–Trinajstić information content (AvgIpc) is 3.49. The van der Waals surface area contributed by atoms with Crippen LogP contribution in [0.4, 0.5) is 34.1 Å². The Kier molecular flexibility index (Phi) is 6.82. The van der Waals surface area contributed by atoms with Crippen molar-refractivity contribution < 1.29 is 4.42 Å². The Hall–Kier alpha value is -6.06. The zero-order valence-corrected chi connectivity index (χ0v) is 24.6. The van der Waals surface area contributed by atoms with Crippen molar-refractivity contribution in [1.29, 1.82) is 0 Å². The lowest BCUT2D eigenvalue weighted by Gasteiger charge is -2.25. The summed E-state index contributed by atoms with van der Waals surface area (Å²) in [6.07, 6.45) is 0. The number of fused-ring (bicyclic) bond motifs is 3. The molecular formula is C42H30N2O. The van der Waals surface area contributed by atoms with E-state index in [1.807, 2.05) is 0 Å². The van der Waals surface area contributed by atoms with E-state index < -0.39 is 0 Å². The fourth-order valence-corrected chi connectivity index (χ4v) is 6.19. The summed E-state index contributed by atoms with van der Waals surface area (Å²) in [4.78, 5) is 4.57. The third-order valence-corrected chi connectivity index (χ3v) is 8.23. The molecule has 1 heterocycles. The second kappa shape index (κ2) is 11.6. The van der Waals surface area contributed by atoms with Crippen LogP contribution in [0.25, 0.3) is 33.1 Å². The molecule has 0 aliphatic heterocycles. The minimum atomic E-state index is 0.873. The summed E-state index contributed by atoms with van der Waals surface area (Å²) in [6, 6.07) is 63.6. The van der Waals surface area contributed by atoms with Crippen LogP contribution in [-0.2, 0) is 0 Å². The third-order valence-electron chi connectivity index (χ3n) is 8.23. The number of anilines is 6. The smallest absolute Gasteiger partial charge is 0.136 e. The fourth-order valence-electron chi connectivity index (χ4n) is 6.19. The van der Waals surface area contributed by atoms with Crippen LogP contribution in [0.15, 0.2) is 186 Å². The average molecular weight is 579 g/mol. The zero-order valence-electron chi connectivity index (χ0n) is 24.6. The summed E-state index contributed by atoms with van der Waals surface area (Å²) in [7, 11) is 0. The van der Waals surface area contributed by atoms with Gasteiger partial charge >= 0.3 is 0 Å². The Bertz CT molecular complexity index is 2110. The number of hydrogen-bond acceptors (Lipinski definition) is 3. The molecule has 0 unspecified atom stereocenters. The lowest BCUT2D eigenvalue weighted by atomic mass is 9.98. The summed E-state index contributed by atoms with van der Waals surface area (Å²) in [5, 5.41) is 2.21. The minimum absolute atomic E-state index is 0.873. The maximum atomic E-state index is 6.41. The van der Waals surface area contributed by atoms with Crippen molar-refractivity contribution in [2.45, 2.75) is 0 Å². The Labute approximate surface area is 262 Å². The molecule has 8 rings (SSSR count). The largest absolute Gasteiger partial charge is 0.456 e. The maximum absolute atomic E-state index is 6.41. The quantitative estimate of drug-likeness (QED) is 0.188. The summed E-state index contributed by atoms with van der Waals surface area (Å²) < 4.78 is 6.41. The first-order valence-corrected chi connectivity index (χ1v) is 15.2. The highest BCUT2D eigenvalue weighted by Crippen LogP contribution is 2.42. The molecule has 0 amide bonds. The molecule has 7 aromatic carbocycles. The molecule has 0 fully saturated rings.